The molecule has 0 unspecified atom stereocenters. The number of rotatable bonds is 7. The molecule has 15 heteroatoms. The standard InChI is InChI=1S/C32H25ClF3N7O2S2/c33-22-14-20(32(34,35)36)15-38-29(22)43-13-12-21-25(16-43)47-28(37)27(21)30(44)45-17-19-8-4-5-9-23(19)39-31(46)40-26-11-10-24(41-42-26)18-6-2-1-3-7-18/h1-11,14-15H,12-13,16-17,37H2,(H2,39,40,42,46). The van der Waals surface area contributed by atoms with Crippen LogP contribution in [-0.4, -0.2) is 32.8 Å². The molecule has 0 saturated heterocycles. The quantitative estimate of drug-likeness (QED) is 0.116. The second kappa shape index (κ2) is 13.5. The minimum Gasteiger partial charge on any atom is -0.457 e. The van der Waals surface area contributed by atoms with Crippen LogP contribution in [0.15, 0.2) is 79.0 Å². The predicted molar refractivity (Wildman–Crippen MR) is 181 cm³/mol. The maximum Gasteiger partial charge on any atom is 0.417 e. The van der Waals surface area contributed by atoms with Crippen LogP contribution < -0.4 is 21.3 Å². The number of carbonyl (C=O) groups excluding carboxylic acids is 1. The molecule has 1 aliphatic rings. The molecule has 1 aliphatic heterocycles. The van der Waals surface area contributed by atoms with Crippen LogP contribution in [0.5, 0.6) is 0 Å². The van der Waals surface area contributed by atoms with Crippen LogP contribution >= 0.6 is 35.2 Å². The lowest BCUT2D eigenvalue weighted by Crippen LogP contribution is -2.31. The van der Waals surface area contributed by atoms with E-state index in [0.717, 1.165) is 34.0 Å². The molecule has 0 bridgehead atoms. The third-order valence-electron chi connectivity index (χ3n) is 7.34. The maximum absolute atomic E-state index is 13.3. The SMILES string of the molecule is Nc1sc2c(c1C(=O)OCc1ccccc1NC(=S)Nc1ccc(-c3ccccc3)nn1)CCN(c1ncc(C(F)(F)F)cc1Cl)C2. The van der Waals surface area contributed by atoms with E-state index in [0.29, 0.717) is 35.0 Å². The Bertz CT molecular complexity index is 1940. The van der Waals surface area contributed by atoms with E-state index in [4.69, 9.17) is 34.3 Å². The molecule has 4 heterocycles. The maximum atomic E-state index is 13.3. The molecule has 3 aromatic heterocycles. The van der Waals surface area contributed by atoms with Crippen LogP contribution in [0.2, 0.25) is 5.02 Å². The van der Waals surface area contributed by atoms with Crippen LogP contribution in [0.4, 0.5) is 35.5 Å². The van der Waals surface area contributed by atoms with Crippen molar-refractivity contribution in [2.45, 2.75) is 25.7 Å². The average molecular weight is 696 g/mol. The Morgan fingerprint density at radius 2 is 1.83 bits per heavy atom. The van der Waals surface area contributed by atoms with Gasteiger partial charge in [0.2, 0.25) is 0 Å². The number of halogens is 4. The number of esters is 1. The lowest BCUT2D eigenvalue weighted by Gasteiger charge is -2.29. The fraction of sp³-hybridized carbons (Fsp3) is 0.156. The molecule has 2 aromatic carbocycles. The summed E-state index contributed by atoms with van der Waals surface area (Å²) in [5.41, 5.74) is 9.35. The Balaban J connectivity index is 1.09. The van der Waals surface area contributed by atoms with E-state index in [1.807, 2.05) is 48.5 Å². The number of pyridine rings is 1. The zero-order chi connectivity index (χ0) is 33.1. The van der Waals surface area contributed by atoms with Gasteiger partial charge in [-0.15, -0.1) is 21.5 Å². The van der Waals surface area contributed by atoms with Crippen LogP contribution in [0.3, 0.4) is 0 Å². The van der Waals surface area contributed by atoms with Gasteiger partial charge in [0.05, 0.1) is 28.4 Å². The second-order valence-electron chi connectivity index (χ2n) is 10.4. The summed E-state index contributed by atoms with van der Waals surface area (Å²) in [6, 6.07) is 21.4. The Hall–Kier alpha value is -4.79. The summed E-state index contributed by atoms with van der Waals surface area (Å²) < 4.78 is 44.9. The molecular weight excluding hydrogens is 671 g/mol. The number of ether oxygens (including phenoxy) is 1. The highest BCUT2D eigenvalue weighted by Crippen LogP contribution is 2.39. The first-order valence-corrected chi connectivity index (χ1v) is 15.8. The van der Waals surface area contributed by atoms with E-state index in [2.05, 4.69) is 25.8 Å². The van der Waals surface area contributed by atoms with Crippen molar-refractivity contribution in [2.24, 2.45) is 0 Å². The number of hydrogen-bond donors (Lipinski definition) is 3. The Kier molecular flexibility index (Phi) is 9.25. The van der Waals surface area contributed by atoms with Gasteiger partial charge >= 0.3 is 12.1 Å². The molecule has 0 amide bonds. The molecule has 0 fully saturated rings. The summed E-state index contributed by atoms with van der Waals surface area (Å²) in [6.45, 7) is 0.599. The van der Waals surface area contributed by atoms with Gasteiger partial charge < -0.3 is 26.0 Å². The van der Waals surface area contributed by atoms with Crippen molar-refractivity contribution in [1.29, 1.82) is 0 Å². The average Bonchev–Trinajstić information content (AvgIpc) is 3.39. The molecular formula is C32H25ClF3N7O2S2. The summed E-state index contributed by atoms with van der Waals surface area (Å²) in [5, 5.41) is 15.0. The number of hydrogen-bond acceptors (Lipinski definition) is 9. The van der Waals surface area contributed by atoms with Crippen LogP contribution in [0.25, 0.3) is 11.3 Å². The lowest BCUT2D eigenvalue weighted by molar-refractivity contribution is -0.137. The number of para-hydroxylation sites is 1. The summed E-state index contributed by atoms with van der Waals surface area (Å²) in [7, 11) is 0. The van der Waals surface area contributed by atoms with Crippen molar-refractivity contribution >= 4 is 68.6 Å². The highest BCUT2D eigenvalue weighted by atomic mass is 35.5. The topological polar surface area (TPSA) is 118 Å². The third kappa shape index (κ3) is 7.29. The van der Waals surface area contributed by atoms with Crippen molar-refractivity contribution in [3.05, 3.63) is 111 Å². The number of carbonyl (C=O) groups is 1. The van der Waals surface area contributed by atoms with E-state index >= 15 is 0 Å². The van der Waals surface area contributed by atoms with Crippen molar-refractivity contribution < 1.29 is 22.7 Å². The number of thiocarbonyl (C=S) groups is 1. The van der Waals surface area contributed by atoms with E-state index in [9.17, 15) is 18.0 Å². The number of thiophene rings is 1. The third-order valence-corrected chi connectivity index (χ3v) is 8.87. The smallest absolute Gasteiger partial charge is 0.417 e. The molecule has 6 rings (SSSR count). The number of nitrogens with one attached hydrogen (secondary N) is 2. The van der Waals surface area contributed by atoms with Gasteiger partial charge in [-0.25, -0.2) is 9.78 Å². The van der Waals surface area contributed by atoms with Crippen LogP contribution in [0.1, 0.15) is 31.9 Å². The van der Waals surface area contributed by atoms with Crippen molar-refractivity contribution in [3.63, 3.8) is 0 Å². The fourth-order valence-corrected chi connectivity index (χ4v) is 6.69. The fourth-order valence-electron chi connectivity index (χ4n) is 5.06. The number of benzene rings is 2. The zero-order valence-electron chi connectivity index (χ0n) is 24.3. The first-order chi connectivity index (χ1) is 22.6. The first-order valence-electron chi connectivity index (χ1n) is 14.2. The molecule has 0 aliphatic carbocycles. The normalized spacial score (nSPS) is 12.7. The van der Waals surface area contributed by atoms with Gasteiger partial charge in [0.1, 0.15) is 17.4 Å². The molecule has 0 saturated carbocycles. The predicted octanol–water partition coefficient (Wildman–Crippen LogP) is 7.58. The van der Waals surface area contributed by atoms with E-state index in [-0.39, 0.29) is 34.7 Å². The van der Waals surface area contributed by atoms with Crippen molar-refractivity contribution in [1.82, 2.24) is 15.2 Å². The Labute approximate surface area is 281 Å². The zero-order valence-corrected chi connectivity index (χ0v) is 26.7. The van der Waals surface area contributed by atoms with E-state index in [1.54, 1.807) is 23.1 Å². The molecule has 47 heavy (non-hydrogen) atoms. The molecule has 0 spiro atoms. The Morgan fingerprint density at radius 1 is 1.06 bits per heavy atom. The minimum absolute atomic E-state index is 0.0581. The van der Waals surface area contributed by atoms with Gasteiger partial charge in [0.15, 0.2) is 10.9 Å². The summed E-state index contributed by atoms with van der Waals surface area (Å²) in [6.07, 6.45) is -3.39. The summed E-state index contributed by atoms with van der Waals surface area (Å²) >= 11 is 12.9. The minimum atomic E-state index is -4.55. The monoisotopic (exact) mass is 695 g/mol. The highest BCUT2D eigenvalue weighted by molar-refractivity contribution is 7.80. The summed E-state index contributed by atoms with van der Waals surface area (Å²) in [4.78, 5) is 19.8. The van der Waals surface area contributed by atoms with Crippen molar-refractivity contribution in [3.8, 4) is 11.3 Å². The van der Waals surface area contributed by atoms with Gasteiger partial charge in [-0.05, 0) is 48.5 Å². The number of nitrogen functional groups attached to an aromatic ring is 1. The second-order valence-corrected chi connectivity index (χ2v) is 12.4. The number of nitrogens with zero attached hydrogens (tertiary/aromatic N) is 4. The number of anilines is 4. The molecule has 5 aromatic rings. The van der Waals surface area contributed by atoms with Gasteiger partial charge in [-0.2, -0.15) is 13.2 Å². The molecule has 9 nitrogen and oxygen atoms in total. The first kappa shape index (κ1) is 32.2. The summed E-state index contributed by atoms with van der Waals surface area (Å²) in [5.74, 6) is 0.108. The number of alkyl halides is 3. The lowest BCUT2D eigenvalue weighted by atomic mass is 10.0. The van der Waals surface area contributed by atoms with Gasteiger partial charge in [-0.3, -0.25) is 0 Å². The van der Waals surface area contributed by atoms with Crippen LogP contribution in [0, 0.1) is 0 Å². The largest absolute Gasteiger partial charge is 0.457 e. The molecule has 0 atom stereocenters. The number of nitrogens with two attached hydrogens (primary N) is 1. The Morgan fingerprint density at radius 3 is 2.55 bits per heavy atom. The molecule has 4 N–H and O–H groups in total. The van der Waals surface area contributed by atoms with Gasteiger partial charge in [0, 0.05) is 34.4 Å². The number of fused-ring (bicyclic) bond motifs is 1. The van der Waals surface area contributed by atoms with E-state index < -0.39 is 17.7 Å². The van der Waals surface area contributed by atoms with E-state index in [1.165, 1.54) is 11.3 Å². The van der Waals surface area contributed by atoms with Crippen molar-refractivity contribution in [2.75, 3.05) is 27.8 Å². The van der Waals surface area contributed by atoms with Gasteiger partial charge in [-0.1, -0.05) is 60.1 Å². The van der Waals surface area contributed by atoms with Gasteiger partial charge in [0.25, 0.3) is 0 Å². The van der Waals surface area contributed by atoms with Crippen LogP contribution in [-0.2, 0) is 30.5 Å². The highest BCUT2D eigenvalue weighted by Gasteiger charge is 2.33. The molecule has 240 valence electrons. The molecule has 0 radical (unpaired) electrons. The number of aromatic nitrogens is 3.